The molecule has 1 aromatic carbocycles. The highest BCUT2D eigenvalue weighted by Crippen LogP contribution is 2.18. The third kappa shape index (κ3) is 6.19. The topological polar surface area (TPSA) is 3.24 Å². The first kappa shape index (κ1) is 16.5. The van der Waals surface area contributed by atoms with Crippen LogP contribution in [0.5, 0.6) is 0 Å². The number of hydrogen-bond donors (Lipinski definition) is 0. The van der Waals surface area contributed by atoms with E-state index < -0.39 is 8.07 Å². The summed E-state index contributed by atoms with van der Waals surface area (Å²) in [5.74, 6) is 0. The van der Waals surface area contributed by atoms with Gasteiger partial charge in [0.15, 0.2) is 0 Å². The van der Waals surface area contributed by atoms with Crippen molar-refractivity contribution in [2.24, 2.45) is 0 Å². The summed E-state index contributed by atoms with van der Waals surface area (Å²) in [6.45, 7) is 9.85. The van der Waals surface area contributed by atoms with Gasteiger partial charge in [0.1, 0.15) is 0 Å². The van der Waals surface area contributed by atoms with Gasteiger partial charge in [0, 0.05) is 6.04 Å². The highest BCUT2D eigenvalue weighted by molar-refractivity contribution is 6.80. The molecule has 1 nitrogen and oxygen atoms in total. The van der Waals surface area contributed by atoms with Gasteiger partial charge in [-0.1, -0.05) is 68.2 Å². The van der Waals surface area contributed by atoms with Gasteiger partial charge >= 0.3 is 0 Å². The summed E-state index contributed by atoms with van der Waals surface area (Å²) in [6.07, 6.45) is 9.15. The summed E-state index contributed by atoms with van der Waals surface area (Å²) < 4.78 is 0. The number of piperidine rings is 1. The quantitative estimate of drug-likeness (QED) is 0.675. The van der Waals surface area contributed by atoms with Crippen LogP contribution in [0, 0.1) is 0 Å². The summed E-state index contributed by atoms with van der Waals surface area (Å²) in [7, 11) is -1.10. The SMILES string of the molecule is C[Si](C)(C)/C=C/C(CCc1ccccc1)N1CCCCC1. The van der Waals surface area contributed by atoms with Crippen LogP contribution in [0.15, 0.2) is 42.1 Å². The van der Waals surface area contributed by atoms with E-state index in [0.29, 0.717) is 6.04 Å². The maximum absolute atomic E-state index is 2.71. The van der Waals surface area contributed by atoms with E-state index in [1.165, 1.54) is 50.8 Å². The molecule has 0 aliphatic carbocycles. The summed E-state index contributed by atoms with van der Waals surface area (Å²) in [5, 5.41) is 0. The first-order valence-corrected chi connectivity index (χ1v) is 12.1. The summed E-state index contributed by atoms with van der Waals surface area (Å²) >= 11 is 0. The Hall–Kier alpha value is -0.863. The zero-order valence-electron chi connectivity index (χ0n) is 14.0. The van der Waals surface area contributed by atoms with E-state index >= 15 is 0 Å². The predicted octanol–water partition coefficient (Wildman–Crippen LogP) is 4.91. The Labute approximate surface area is 132 Å². The van der Waals surface area contributed by atoms with Gasteiger partial charge in [-0.25, -0.2) is 0 Å². The van der Waals surface area contributed by atoms with E-state index in [1.807, 2.05) is 0 Å². The van der Waals surface area contributed by atoms with Crippen molar-refractivity contribution in [1.82, 2.24) is 4.90 Å². The maximum Gasteiger partial charge on any atom is 0.0683 e. The van der Waals surface area contributed by atoms with Crippen LogP contribution >= 0.6 is 0 Å². The van der Waals surface area contributed by atoms with E-state index in [2.05, 4.69) is 66.6 Å². The van der Waals surface area contributed by atoms with Crippen molar-refractivity contribution in [3.63, 3.8) is 0 Å². The van der Waals surface area contributed by atoms with E-state index in [9.17, 15) is 0 Å². The Bertz CT molecular complexity index is 427. The third-order valence-electron chi connectivity index (χ3n) is 4.25. The first-order valence-electron chi connectivity index (χ1n) is 8.52. The van der Waals surface area contributed by atoms with Crippen molar-refractivity contribution in [2.75, 3.05) is 13.1 Å². The lowest BCUT2D eigenvalue weighted by Gasteiger charge is -2.33. The van der Waals surface area contributed by atoms with Gasteiger partial charge in [-0.15, -0.1) is 0 Å². The summed E-state index contributed by atoms with van der Waals surface area (Å²) in [6, 6.07) is 11.6. The molecule has 1 aromatic rings. The van der Waals surface area contributed by atoms with E-state index in [1.54, 1.807) is 0 Å². The molecule has 0 saturated carbocycles. The monoisotopic (exact) mass is 301 g/mol. The van der Waals surface area contributed by atoms with Crippen LogP contribution in [0.3, 0.4) is 0 Å². The van der Waals surface area contributed by atoms with Gasteiger partial charge in [-0.3, -0.25) is 4.90 Å². The molecule has 2 heteroatoms. The fourth-order valence-electron chi connectivity index (χ4n) is 3.01. The van der Waals surface area contributed by atoms with Crippen LogP contribution in [-0.2, 0) is 6.42 Å². The molecule has 0 N–H and O–H groups in total. The molecule has 0 amide bonds. The van der Waals surface area contributed by atoms with Crippen LogP contribution < -0.4 is 0 Å². The first-order chi connectivity index (χ1) is 10.0. The van der Waals surface area contributed by atoms with Gasteiger partial charge in [0.25, 0.3) is 0 Å². The van der Waals surface area contributed by atoms with Gasteiger partial charge in [-0.2, -0.15) is 0 Å². The molecule has 0 radical (unpaired) electrons. The molecular weight excluding hydrogens is 270 g/mol. The molecule has 0 bridgehead atoms. The van der Waals surface area contributed by atoms with E-state index in [4.69, 9.17) is 0 Å². The number of aryl methyl sites for hydroxylation is 1. The maximum atomic E-state index is 2.71. The lowest BCUT2D eigenvalue weighted by molar-refractivity contribution is 0.184. The minimum Gasteiger partial charge on any atom is -0.297 e. The van der Waals surface area contributed by atoms with E-state index in [0.717, 1.165) is 0 Å². The van der Waals surface area contributed by atoms with E-state index in [-0.39, 0.29) is 0 Å². The minimum absolute atomic E-state index is 0.636. The molecular formula is C19H31NSi. The molecule has 2 rings (SSSR count). The van der Waals surface area contributed by atoms with Crippen LogP contribution in [0.2, 0.25) is 19.6 Å². The standard InChI is InChI=1S/C19H31NSi/c1-21(2,3)17-14-19(20-15-8-5-9-16-20)13-12-18-10-6-4-7-11-18/h4,6-7,10-11,14,17,19H,5,8-9,12-13,15-16H2,1-3H3/b17-14+. The lowest BCUT2D eigenvalue weighted by Crippen LogP contribution is -2.38. The number of nitrogens with zero attached hydrogens (tertiary/aromatic N) is 1. The summed E-state index contributed by atoms with van der Waals surface area (Å²) in [5.41, 5.74) is 4.01. The minimum atomic E-state index is -1.10. The van der Waals surface area contributed by atoms with Gasteiger partial charge < -0.3 is 0 Å². The molecule has 1 atom stereocenters. The second kappa shape index (κ2) is 7.95. The van der Waals surface area contributed by atoms with Gasteiger partial charge in [-0.05, 0) is 44.3 Å². The van der Waals surface area contributed by atoms with Crippen LogP contribution in [0.1, 0.15) is 31.2 Å². The van der Waals surface area contributed by atoms with Gasteiger partial charge in [0.2, 0.25) is 0 Å². The highest BCUT2D eigenvalue weighted by atomic mass is 28.3. The molecule has 0 spiro atoms. The second-order valence-corrected chi connectivity index (χ2v) is 12.5. The van der Waals surface area contributed by atoms with Crippen molar-refractivity contribution in [3.05, 3.63) is 47.7 Å². The van der Waals surface area contributed by atoms with Crippen molar-refractivity contribution < 1.29 is 0 Å². The smallest absolute Gasteiger partial charge is 0.0683 e. The molecule has 1 unspecified atom stereocenters. The number of hydrogen-bond acceptors (Lipinski definition) is 1. The molecule has 21 heavy (non-hydrogen) atoms. The number of rotatable bonds is 6. The zero-order chi connectivity index (χ0) is 15.1. The molecule has 1 fully saturated rings. The average molecular weight is 302 g/mol. The fourth-order valence-corrected chi connectivity index (χ4v) is 3.81. The van der Waals surface area contributed by atoms with Crippen LogP contribution in [-0.4, -0.2) is 32.1 Å². The molecule has 116 valence electrons. The second-order valence-electron chi connectivity index (χ2n) is 7.41. The lowest BCUT2D eigenvalue weighted by atomic mass is 10.0. The number of benzene rings is 1. The molecule has 0 aromatic heterocycles. The highest BCUT2D eigenvalue weighted by Gasteiger charge is 2.19. The predicted molar refractivity (Wildman–Crippen MR) is 96.5 cm³/mol. The summed E-state index contributed by atoms with van der Waals surface area (Å²) in [4.78, 5) is 2.71. The Morgan fingerprint density at radius 3 is 2.33 bits per heavy atom. The molecule has 1 heterocycles. The largest absolute Gasteiger partial charge is 0.297 e. The Balaban J connectivity index is 1.98. The van der Waals surface area contributed by atoms with Crippen molar-refractivity contribution in [1.29, 1.82) is 0 Å². The van der Waals surface area contributed by atoms with Crippen LogP contribution in [0.25, 0.3) is 0 Å². The molecule has 1 aliphatic heterocycles. The zero-order valence-corrected chi connectivity index (χ0v) is 15.0. The Kier molecular flexibility index (Phi) is 6.25. The van der Waals surface area contributed by atoms with Crippen molar-refractivity contribution >= 4 is 8.07 Å². The number of likely N-dealkylation sites (tertiary alicyclic amines) is 1. The molecule has 1 saturated heterocycles. The average Bonchev–Trinajstić information content (AvgIpc) is 2.48. The van der Waals surface area contributed by atoms with Crippen molar-refractivity contribution in [2.45, 2.75) is 57.8 Å². The Morgan fingerprint density at radius 2 is 1.71 bits per heavy atom. The van der Waals surface area contributed by atoms with Gasteiger partial charge in [0.05, 0.1) is 8.07 Å². The normalized spacial score (nSPS) is 19.0. The third-order valence-corrected chi connectivity index (χ3v) is 5.44. The van der Waals surface area contributed by atoms with Crippen LogP contribution in [0.4, 0.5) is 0 Å². The molecule has 1 aliphatic rings. The van der Waals surface area contributed by atoms with Crippen molar-refractivity contribution in [3.8, 4) is 0 Å². The fraction of sp³-hybridized carbons (Fsp3) is 0.579. The Morgan fingerprint density at radius 1 is 1.05 bits per heavy atom.